The van der Waals surface area contributed by atoms with Crippen molar-refractivity contribution in [3.8, 4) is 0 Å². The predicted octanol–water partition coefficient (Wildman–Crippen LogP) is 2.31. The van der Waals surface area contributed by atoms with Crippen LogP contribution in [0.5, 0.6) is 0 Å². The zero-order valence-corrected chi connectivity index (χ0v) is 9.12. The van der Waals surface area contributed by atoms with Gasteiger partial charge in [0.1, 0.15) is 5.82 Å². The van der Waals surface area contributed by atoms with E-state index in [1.54, 1.807) is 0 Å². The summed E-state index contributed by atoms with van der Waals surface area (Å²) in [5.41, 5.74) is 1.18. The summed E-state index contributed by atoms with van der Waals surface area (Å²) in [5.74, 6) is 1.41. The Morgan fingerprint density at radius 1 is 1.25 bits per heavy atom. The lowest BCUT2D eigenvalue weighted by Gasteiger charge is -2.25. The highest BCUT2D eigenvalue weighted by Crippen LogP contribution is 2.27. The summed E-state index contributed by atoms with van der Waals surface area (Å²) in [4.78, 5) is 10.8. The molecule has 0 aliphatic carbocycles. The van der Waals surface area contributed by atoms with E-state index in [9.17, 15) is 0 Å². The van der Waals surface area contributed by atoms with Crippen molar-refractivity contribution in [1.29, 1.82) is 0 Å². The number of fused-ring (bicyclic) bond motifs is 1. The van der Waals surface area contributed by atoms with Gasteiger partial charge in [-0.15, -0.1) is 0 Å². The number of aryl methyl sites for hydroxylation is 1. The molecular weight excluding hydrogens is 198 g/mol. The van der Waals surface area contributed by atoms with Crippen molar-refractivity contribution in [2.45, 2.75) is 13.0 Å². The fraction of sp³-hybridized carbons (Fsp3) is 0.231. The van der Waals surface area contributed by atoms with Gasteiger partial charge >= 0.3 is 0 Å². The summed E-state index contributed by atoms with van der Waals surface area (Å²) in [7, 11) is 0. The van der Waals surface area contributed by atoms with Gasteiger partial charge < -0.3 is 4.90 Å². The predicted molar refractivity (Wildman–Crippen MR) is 65.5 cm³/mol. The van der Waals surface area contributed by atoms with Crippen molar-refractivity contribution in [2.24, 2.45) is 10.9 Å². The average molecular weight is 211 g/mol. The van der Waals surface area contributed by atoms with Crippen LogP contribution in [0, 0.1) is 12.8 Å². The first-order chi connectivity index (χ1) is 7.84. The number of hydrogen-bond acceptors (Lipinski definition) is 3. The molecule has 0 aromatic carbocycles. The van der Waals surface area contributed by atoms with Crippen LogP contribution in [0.15, 0.2) is 47.9 Å². The lowest BCUT2D eigenvalue weighted by atomic mass is 10.0. The number of aromatic nitrogens is 1. The maximum Gasteiger partial charge on any atom is 0.133 e. The number of aliphatic imine (C=N–C) groups is 1. The number of hydrogen-bond donors (Lipinski definition) is 0. The van der Waals surface area contributed by atoms with Gasteiger partial charge in [-0.3, -0.25) is 4.99 Å². The summed E-state index contributed by atoms with van der Waals surface area (Å²) < 4.78 is 0. The maximum absolute atomic E-state index is 4.44. The highest BCUT2D eigenvalue weighted by atomic mass is 15.2. The highest BCUT2D eigenvalue weighted by molar-refractivity contribution is 5.75. The molecule has 0 saturated heterocycles. The minimum atomic E-state index is 0.292. The van der Waals surface area contributed by atoms with Crippen LogP contribution in [0.25, 0.3) is 0 Å². The minimum absolute atomic E-state index is 0.292. The van der Waals surface area contributed by atoms with Gasteiger partial charge in [-0.05, 0) is 18.6 Å². The molecular formula is C13H13N3. The molecule has 0 amide bonds. The molecule has 1 aromatic rings. The molecule has 0 radical (unpaired) electrons. The molecule has 1 aromatic heterocycles. The summed E-state index contributed by atoms with van der Waals surface area (Å²) >= 11 is 0. The van der Waals surface area contributed by atoms with Gasteiger partial charge in [-0.25, -0.2) is 4.98 Å². The molecule has 16 heavy (non-hydrogen) atoms. The molecule has 0 saturated carbocycles. The molecule has 3 heterocycles. The van der Waals surface area contributed by atoms with Crippen LogP contribution >= 0.6 is 0 Å². The van der Waals surface area contributed by atoms with Gasteiger partial charge in [0.15, 0.2) is 0 Å². The van der Waals surface area contributed by atoms with Crippen molar-refractivity contribution in [3.63, 3.8) is 0 Å². The van der Waals surface area contributed by atoms with Gasteiger partial charge in [0.25, 0.3) is 0 Å². The summed E-state index contributed by atoms with van der Waals surface area (Å²) in [5, 5.41) is 0. The van der Waals surface area contributed by atoms with Crippen LogP contribution < -0.4 is 4.90 Å². The van der Waals surface area contributed by atoms with E-state index in [4.69, 9.17) is 0 Å². The van der Waals surface area contributed by atoms with Crippen LogP contribution in [-0.2, 0) is 0 Å². The SMILES string of the molecule is Cc1ccc(N2C=CC3C=CN=CC32)nc1. The summed E-state index contributed by atoms with van der Waals surface area (Å²) in [6.45, 7) is 2.05. The Balaban J connectivity index is 1.91. The van der Waals surface area contributed by atoms with Gasteiger partial charge in [-0.2, -0.15) is 0 Å². The van der Waals surface area contributed by atoms with E-state index in [2.05, 4.69) is 39.3 Å². The van der Waals surface area contributed by atoms with E-state index in [-0.39, 0.29) is 0 Å². The lowest BCUT2D eigenvalue weighted by molar-refractivity contribution is 0.737. The smallest absolute Gasteiger partial charge is 0.133 e. The average Bonchev–Trinajstić information content (AvgIpc) is 2.74. The molecule has 80 valence electrons. The van der Waals surface area contributed by atoms with E-state index in [1.807, 2.05) is 31.6 Å². The number of nitrogens with zero attached hydrogens (tertiary/aromatic N) is 3. The first-order valence-electron chi connectivity index (χ1n) is 5.44. The zero-order chi connectivity index (χ0) is 11.0. The maximum atomic E-state index is 4.44. The molecule has 3 heteroatoms. The monoisotopic (exact) mass is 211 g/mol. The van der Waals surface area contributed by atoms with Gasteiger partial charge in [-0.1, -0.05) is 18.2 Å². The van der Waals surface area contributed by atoms with E-state index in [0.717, 1.165) is 5.82 Å². The van der Waals surface area contributed by atoms with E-state index < -0.39 is 0 Å². The third kappa shape index (κ3) is 1.45. The first-order valence-corrected chi connectivity index (χ1v) is 5.44. The van der Waals surface area contributed by atoms with Crippen molar-refractivity contribution in [1.82, 2.24) is 4.98 Å². The van der Waals surface area contributed by atoms with Crippen molar-refractivity contribution >= 4 is 12.0 Å². The largest absolute Gasteiger partial charge is 0.324 e. The molecule has 3 rings (SSSR count). The van der Waals surface area contributed by atoms with Crippen molar-refractivity contribution in [3.05, 3.63) is 48.4 Å². The minimum Gasteiger partial charge on any atom is -0.324 e. The number of rotatable bonds is 1. The molecule has 2 unspecified atom stereocenters. The molecule has 2 aliphatic rings. The standard InChI is InChI=1S/C13H13N3/c1-10-2-3-13(15-8-10)16-7-5-11-4-6-14-9-12(11)16/h2-9,11-12H,1H3. The quantitative estimate of drug-likeness (QED) is 0.713. The fourth-order valence-corrected chi connectivity index (χ4v) is 2.07. The first kappa shape index (κ1) is 9.33. The van der Waals surface area contributed by atoms with Crippen LogP contribution in [0.4, 0.5) is 5.82 Å². The van der Waals surface area contributed by atoms with Gasteiger partial charge in [0.05, 0.1) is 6.04 Å². The fourth-order valence-electron chi connectivity index (χ4n) is 2.07. The number of anilines is 1. The van der Waals surface area contributed by atoms with Gasteiger partial charge in [0, 0.05) is 30.7 Å². The van der Waals surface area contributed by atoms with E-state index in [1.165, 1.54) is 5.56 Å². The molecule has 0 spiro atoms. The highest BCUT2D eigenvalue weighted by Gasteiger charge is 2.28. The molecule has 3 nitrogen and oxygen atoms in total. The van der Waals surface area contributed by atoms with Crippen LogP contribution in [0.3, 0.4) is 0 Å². The van der Waals surface area contributed by atoms with E-state index >= 15 is 0 Å². The van der Waals surface area contributed by atoms with Crippen molar-refractivity contribution in [2.75, 3.05) is 4.90 Å². The van der Waals surface area contributed by atoms with E-state index in [0.29, 0.717) is 12.0 Å². The molecule has 2 aliphatic heterocycles. The van der Waals surface area contributed by atoms with Crippen LogP contribution in [-0.4, -0.2) is 17.2 Å². The van der Waals surface area contributed by atoms with Crippen molar-refractivity contribution < 1.29 is 0 Å². The van der Waals surface area contributed by atoms with Gasteiger partial charge in [0.2, 0.25) is 0 Å². The molecule has 0 fully saturated rings. The lowest BCUT2D eigenvalue weighted by Crippen LogP contribution is -2.34. The normalized spacial score (nSPS) is 26.2. The Bertz CT molecular complexity index is 470. The molecule has 2 atom stereocenters. The summed E-state index contributed by atoms with van der Waals surface area (Å²) in [6, 6.07) is 4.42. The Kier molecular flexibility index (Phi) is 2.10. The molecule has 0 N–H and O–H groups in total. The third-order valence-electron chi connectivity index (χ3n) is 2.98. The number of pyridine rings is 1. The van der Waals surface area contributed by atoms with Crippen LogP contribution in [0.1, 0.15) is 5.56 Å². The Morgan fingerprint density at radius 3 is 3.00 bits per heavy atom. The van der Waals surface area contributed by atoms with Crippen LogP contribution in [0.2, 0.25) is 0 Å². The summed E-state index contributed by atoms with van der Waals surface area (Å²) in [6.07, 6.45) is 12.1. The third-order valence-corrected chi connectivity index (χ3v) is 2.98. The Hall–Kier alpha value is -1.90. The topological polar surface area (TPSA) is 28.5 Å². The second kappa shape index (κ2) is 3.59. The second-order valence-electron chi connectivity index (χ2n) is 4.15. The Morgan fingerprint density at radius 2 is 2.19 bits per heavy atom. The second-order valence-corrected chi connectivity index (χ2v) is 4.15. The Labute approximate surface area is 94.8 Å². The molecule has 0 bridgehead atoms. The zero-order valence-electron chi connectivity index (χ0n) is 9.12.